The van der Waals surface area contributed by atoms with Crippen LogP contribution >= 0.6 is 0 Å². The third-order valence-electron chi connectivity index (χ3n) is 4.56. The Bertz CT molecular complexity index is 427. The van der Waals surface area contributed by atoms with E-state index in [-0.39, 0.29) is 0 Å². The van der Waals surface area contributed by atoms with Crippen molar-refractivity contribution in [2.45, 2.75) is 78.4 Å². The topological polar surface area (TPSA) is 40.5 Å². The lowest BCUT2D eigenvalue weighted by Gasteiger charge is -2.24. The van der Waals surface area contributed by atoms with Crippen molar-refractivity contribution in [3.63, 3.8) is 0 Å². The van der Waals surface area contributed by atoms with Gasteiger partial charge in [-0.2, -0.15) is 0 Å². The number of aliphatic hydroxyl groups is 2. The van der Waals surface area contributed by atoms with Crippen molar-refractivity contribution in [1.82, 2.24) is 0 Å². The van der Waals surface area contributed by atoms with Crippen LogP contribution < -0.4 is 0 Å². The predicted molar refractivity (Wildman–Crippen MR) is 94.7 cm³/mol. The van der Waals surface area contributed by atoms with Crippen LogP contribution in [0.4, 0.5) is 0 Å². The summed E-state index contributed by atoms with van der Waals surface area (Å²) in [6, 6.07) is 0. The molecular formula is C20H34O2. The molecule has 0 radical (unpaired) electrons. The zero-order valence-electron chi connectivity index (χ0n) is 15.0. The molecule has 0 aromatic heterocycles. The Kier molecular flexibility index (Phi) is 7.58. The fourth-order valence-electron chi connectivity index (χ4n) is 2.99. The largest absolute Gasteiger partial charge is 0.389 e. The van der Waals surface area contributed by atoms with Crippen LogP contribution in [0.1, 0.15) is 66.7 Å². The van der Waals surface area contributed by atoms with Crippen LogP contribution in [0.3, 0.4) is 0 Å². The molecule has 126 valence electrons. The molecular weight excluding hydrogens is 272 g/mol. The van der Waals surface area contributed by atoms with Gasteiger partial charge in [-0.15, -0.1) is 0 Å². The van der Waals surface area contributed by atoms with Gasteiger partial charge in [0, 0.05) is 6.42 Å². The lowest BCUT2D eigenvalue weighted by atomic mass is 9.86. The minimum absolute atomic E-state index is 0.348. The summed E-state index contributed by atoms with van der Waals surface area (Å²) in [7, 11) is 0. The van der Waals surface area contributed by atoms with Crippen LogP contribution in [0.15, 0.2) is 35.5 Å². The molecule has 0 saturated heterocycles. The molecule has 0 heterocycles. The summed E-state index contributed by atoms with van der Waals surface area (Å²) >= 11 is 0. The fourth-order valence-corrected chi connectivity index (χ4v) is 2.99. The third-order valence-corrected chi connectivity index (χ3v) is 4.56. The van der Waals surface area contributed by atoms with Gasteiger partial charge in [-0.25, -0.2) is 0 Å². The van der Waals surface area contributed by atoms with E-state index < -0.39 is 11.7 Å². The molecule has 3 atom stereocenters. The maximum Gasteiger partial charge on any atom is 0.0827 e. The van der Waals surface area contributed by atoms with Gasteiger partial charge in [0.05, 0.1) is 11.7 Å². The first-order chi connectivity index (χ1) is 10.2. The summed E-state index contributed by atoms with van der Waals surface area (Å²) in [5, 5.41) is 20.7. The number of rotatable bonds is 1. The minimum atomic E-state index is -0.960. The van der Waals surface area contributed by atoms with Gasteiger partial charge in [-0.05, 0) is 58.3 Å². The Labute approximate surface area is 136 Å². The zero-order chi connectivity index (χ0) is 16.8. The Morgan fingerprint density at radius 1 is 1.18 bits per heavy atom. The van der Waals surface area contributed by atoms with Gasteiger partial charge >= 0.3 is 0 Å². The van der Waals surface area contributed by atoms with E-state index in [0.717, 1.165) is 25.7 Å². The van der Waals surface area contributed by atoms with E-state index in [9.17, 15) is 10.2 Å². The first kappa shape index (κ1) is 19.2. The van der Waals surface area contributed by atoms with E-state index in [2.05, 4.69) is 39.8 Å². The van der Waals surface area contributed by atoms with Crippen molar-refractivity contribution in [3.8, 4) is 0 Å². The Balaban J connectivity index is 2.97. The molecule has 0 amide bonds. The lowest BCUT2D eigenvalue weighted by Crippen LogP contribution is -2.27. The molecule has 2 heteroatoms. The molecule has 0 aliphatic heterocycles. The maximum atomic E-state index is 10.5. The molecule has 0 spiro atoms. The zero-order valence-corrected chi connectivity index (χ0v) is 15.0. The highest BCUT2D eigenvalue weighted by Crippen LogP contribution is 2.25. The lowest BCUT2D eigenvalue weighted by molar-refractivity contribution is 0.0565. The summed E-state index contributed by atoms with van der Waals surface area (Å²) in [4.78, 5) is 0. The molecule has 1 rings (SSSR count). The molecule has 0 saturated carbocycles. The second-order valence-electron chi connectivity index (χ2n) is 7.54. The predicted octanol–water partition coefficient (Wildman–Crippen LogP) is 4.78. The standard InChI is InChI=1S/C20H34O2/c1-15(2)18-10-9-16(3)7-6-8-17(4)13-19(21)14-20(5,22)12-11-18/h7,11-13,15,18-19,21-22H,6,8-10,14H2,1-5H3/b12-11+,16-7-,17-13+/t18-,19+,20-/m1/s1. The molecule has 22 heavy (non-hydrogen) atoms. The number of allylic oxidation sites excluding steroid dienone is 4. The van der Waals surface area contributed by atoms with Crippen LogP contribution in [0, 0.1) is 11.8 Å². The molecule has 0 aromatic carbocycles. The number of hydrogen-bond acceptors (Lipinski definition) is 2. The van der Waals surface area contributed by atoms with Crippen LogP contribution in [-0.2, 0) is 0 Å². The summed E-state index contributed by atoms with van der Waals surface area (Å²) < 4.78 is 0. The Hall–Kier alpha value is -0.860. The average Bonchev–Trinajstić information content (AvgIpc) is 2.36. The normalized spacial score (nSPS) is 38.5. The Morgan fingerprint density at radius 2 is 1.86 bits per heavy atom. The first-order valence-corrected chi connectivity index (χ1v) is 8.62. The quantitative estimate of drug-likeness (QED) is 0.684. The monoisotopic (exact) mass is 306 g/mol. The van der Waals surface area contributed by atoms with E-state index in [1.165, 1.54) is 11.1 Å². The van der Waals surface area contributed by atoms with Gasteiger partial charge in [0.15, 0.2) is 0 Å². The van der Waals surface area contributed by atoms with Crippen molar-refractivity contribution >= 4 is 0 Å². The second-order valence-corrected chi connectivity index (χ2v) is 7.54. The van der Waals surface area contributed by atoms with Gasteiger partial charge in [0.2, 0.25) is 0 Å². The number of aliphatic hydroxyl groups excluding tert-OH is 1. The molecule has 0 aromatic rings. The highest BCUT2D eigenvalue weighted by molar-refractivity contribution is 5.10. The highest BCUT2D eigenvalue weighted by Gasteiger charge is 2.21. The molecule has 2 N–H and O–H groups in total. The Morgan fingerprint density at radius 3 is 2.50 bits per heavy atom. The van der Waals surface area contributed by atoms with Crippen LogP contribution in [0.5, 0.6) is 0 Å². The molecule has 1 aliphatic rings. The molecule has 0 unspecified atom stereocenters. The van der Waals surface area contributed by atoms with Crippen LogP contribution in [0.25, 0.3) is 0 Å². The molecule has 1 aliphatic carbocycles. The van der Waals surface area contributed by atoms with E-state index in [1.54, 1.807) is 6.92 Å². The summed E-state index contributed by atoms with van der Waals surface area (Å²) in [6.07, 6.45) is 12.2. The van der Waals surface area contributed by atoms with Crippen molar-refractivity contribution in [2.75, 3.05) is 0 Å². The average molecular weight is 306 g/mol. The van der Waals surface area contributed by atoms with E-state index in [1.807, 2.05) is 12.2 Å². The van der Waals surface area contributed by atoms with E-state index >= 15 is 0 Å². The maximum absolute atomic E-state index is 10.5. The fraction of sp³-hybridized carbons (Fsp3) is 0.700. The van der Waals surface area contributed by atoms with Gasteiger partial charge in [0.25, 0.3) is 0 Å². The van der Waals surface area contributed by atoms with Gasteiger partial charge in [-0.3, -0.25) is 0 Å². The van der Waals surface area contributed by atoms with Gasteiger partial charge in [0.1, 0.15) is 0 Å². The van der Waals surface area contributed by atoms with Crippen LogP contribution in [0.2, 0.25) is 0 Å². The van der Waals surface area contributed by atoms with E-state index in [4.69, 9.17) is 0 Å². The summed E-state index contributed by atoms with van der Waals surface area (Å²) in [6.45, 7) is 10.5. The van der Waals surface area contributed by atoms with Crippen molar-refractivity contribution in [1.29, 1.82) is 0 Å². The third kappa shape index (κ3) is 7.42. The van der Waals surface area contributed by atoms with Crippen LogP contribution in [-0.4, -0.2) is 21.9 Å². The van der Waals surface area contributed by atoms with Gasteiger partial charge in [-0.1, -0.05) is 49.3 Å². The molecule has 0 fully saturated rings. The van der Waals surface area contributed by atoms with Crippen molar-refractivity contribution in [2.24, 2.45) is 11.8 Å². The summed E-state index contributed by atoms with van der Waals surface area (Å²) in [5.74, 6) is 1.02. The molecule has 0 bridgehead atoms. The smallest absolute Gasteiger partial charge is 0.0827 e. The summed E-state index contributed by atoms with van der Waals surface area (Å²) in [5.41, 5.74) is 1.67. The molecule has 2 nitrogen and oxygen atoms in total. The minimum Gasteiger partial charge on any atom is -0.389 e. The first-order valence-electron chi connectivity index (χ1n) is 8.62. The van der Waals surface area contributed by atoms with Gasteiger partial charge < -0.3 is 10.2 Å². The van der Waals surface area contributed by atoms with E-state index in [0.29, 0.717) is 18.3 Å². The van der Waals surface area contributed by atoms with Crippen molar-refractivity contribution in [3.05, 3.63) is 35.5 Å². The SMILES string of the molecule is C/C1=C/CC/C(C)=C/[C@H](O)C[C@](C)(O)/C=C/[C@H](C(C)C)CC1. The second kappa shape index (κ2) is 8.69. The van der Waals surface area contributed by atoms with Crippen molar-refractivity contribution < 1.29 is 10.2 Å². The number of hydrogen-bond donors (Lipinski definition) is 2. The highest BCUT2D eigenvalue weighted by atomic mass is 16.3.